The molecule has 0 radical (unpaired) electrons. The number of nitrogen functional groups attached to an aromatic ring is 1. The lowest BCUT2D eigenvalue weighted by atomic mass is 10.2. The molecule has 1 rings (SSSR count). The molecule has 0 aliphatic heterocycles. The van der Waals surface area contributed by atoms with Crippen LogP contribution in [0.2, 0.25) is 0 Å². The van der Waals surface area contributed by atoms with Crippen molar-refractivity contribution in [2.75, 3.05) is 5.73 Å². The van der Waals surface area contributed by atoms with Crippen LogP contribution >= 0.6 is 11.3 Å². The summed E-state index contributed by atoms with van der Waals surface area (Å²) >= 11 is 1.44. The van der Waals surface area contributed by atoms with Gasteiger partial charge in [-0.05, 0) is 23.4 Å². The van der Waals surface area contributed by atoms with Gasteiger partial charge in [0, 0.05) is 6.42 Å². The fraction of sp³-hybridized carbons (Fsp3) is 0.286. The number of rotatable bonds is 3. The van der Waals surface area contributed by atoms with Crippen LogP contribution in [0.15, 0.2) is 11.4 Å². The molecule has 0 saturated carbocycles. The number of aliphatic carboxylic acids is 1. The molecule has 4 heteroatoms. The first-order chi connectivity index (χ1) is 5.20. The Hall–Kier alpha value is -1.03. The Kier molecular flexibility index (Phi) is 2.48. The predicted molar refractivity (Wildman–Crippen MR) is 44.7 cm³/mol. The van der Waals surface area contributed by atoms with Gasteiger partial charge in [0.2, 0.25) is 0 Å². The van der Waals surface area contributed by atoms with Gasteiger partial charge in [0.05, 0.1) is 5.00 Å². The highest BCUT2D eigenvalue weighted by molar-refractivity contribution is 7.14. The van der Waals surface area contributed by atoms with E-state index < -0.39 is 5.97 Å². The van der Waals surface area contributed by atoms with Crippen LogP contribution in [0.4, 0.5) is 5.00 Å². The van der Waals surface area contributed by atoms with Crippen molar-refractivity contribution < 1.29 is 9.90 Å². The highest BCUT2D eigenvalue weighted by Gasteiger charge is 2.02. The zero-order valence-corrected chi connectivity index (χ0v) is 6.73. The van der Waals surface area contributed by atoms with Gasteiger partial charge in [-0.25, -0.2) is 0 Å². The molecule has 3 nitrogen and oxygen atoms in total. The van der Waals surface area contributed by atoms with Crippen molar-refractivity contribution in [2.45, 2.75) is 12.8 Å². The number of carboxylic acids is 1. The lowest BCUT2D eigenvalue weighted by molar-refractivity contribution is -0.136. The first kappa shape index (κ1) is 8.07. The van der Waals surface area contributed by atoms with E-state index in [1.807, 2.05) is 11.4 Å². The molecular formula is C7H9NO2S. The standard InChI is InChI=1S/C7H9NO2S/c8-7-5(3-4-11-7)1-2-6(9)10/h3-4H,1-2,8H2,(H,9,10). The summed E-state index contributed by atoms with van der Waals surface area (Å²) in [5, 5.41) is 11.0. The Labute approximate surface area is 68.5 Å². The summed E-state index contributed by atoms with van der Waals surface area (Å²) in [7, 11) is 0. The Morgan fingerprint density at radius 3 is 2.91 bits per heavy atom. The maximum absolute atomic E-state index is 10.2. The molecule has 0 aliphatic rings. The molecule has 0 aromatic carbocycles. The summed E-state index contributed by atoms with van der Waals surface area (Å²) in [6.07, 6.45) is 0.686. The van der Waals surface area contributed by atoms with Crippen LogP contribution < -0.4 is 5.73 Å². The van der Waals surface area contributed by atoms with Crippen molar-refractivity contribution in [3.63, 3.8) is 0 Å². The van der Waals surface area contributed by atoms with E-state index in [1.165, 1.54) is 11.3 Å². The Balaban J connectivity index is 2.51. The SMILES string of the molecule is Nc1sccc1CCC(=O)O. The summed E-state index contributed by atoms with van der Waals surface area (Å²) in [6, 6.07) is 1.86. The third-order valence-electron chi connectivity index (χ3n) is 1.39. The van der Waals surface area contributed by atoms with Crippen molar-refractivity contribution in [3.8, 4) is 0 Å². The molecule has 0 aliphatic carbocycles. The van der Waals surface area contributed by atoms with Crippen LogP contribution in [0.1, 0.15) is 12.0 Å². The smallest absolute Gasteiger partial charge is 0.303 e. The number of hydrogen-bond acceptors (Lipinski definition) is 3. The number of anilines is 1. The summed E-state index contributed by atoms with van der Waals surface area (Å²) in [4.78, 5) is 10.2. The minimum Gasteiger partial charge on any atom is -0.481 e. The van der Waals surface area contributed by atoms with E-state index in [0.29, 0.717) is 6.42 Å². The van der Waals surface area contributed by atoms with Gasteiger partial charge >= 0.3 is 5.97 Å². The molecule has 0 amide bonds. The maximum Gasteiger partial charge on any atom is 0.303 e. The fourth-order valence-electron chi connectivity index (χ4n) is 0.795. The van der Waals surface area contributed by atoms with Crippen molar-refractivity contribution in [2.24, 2.45) is 0 Å². The van der Waals surface area contributed by atoms with Crippen molar-refractivity contribution in [3.05, 3.63) is 17.0 Å². The molecule has 0 unspecified atom stereocenters. The lowest BCUT2D eigenvalue weighted by Crippen LogP contribution is -1.98. The Bertz CT molecular complexity index is 257. The van der Waals surface area contributed by atoms with Gasteiger partial charge in [-0.15, -0.1) is 11.3 Å². The Morgan fingerprint density at radius 1 is 1.73 bits per heavy atom. The number of thiophene rings is 1. The van der Waals surface area contributed by atoms with E-state index in [0.717, 1.165) is 10.6 Å². The van der Waals surface area contributed by atoms with E-state index in [9.17, 15) is 4.79 Å². The van der Waals surface area contributed by atoms with Crippen LogP contribution in [-0.4, -0.2) is 11.1 Å². The van der Waals surface area contributed by atoms with E-state index in [2.05, 4.69) is 0 Å². The molecule has 60 valence electrons. The highest BCUT2D eigenvalue weighted by Crippen LogP contribution is 2.19. The second-order valence-electron chi connectivity index (χ2n) is 2.20. The van der Waals surface area contributed by atoms with Crippen LogP contribution in [0.3, 0.4) is 0 Å². The minimum atomic E-state index is -0.782. The fourth-order valence-corrected chi connectivity index (χ4v) is 1.50. The normalized spacial score (nSPS) is 9.82. The molecule has 11 heavy (non-hydrogen) atoms. The molecule has 0 atom stereocenters. The molecule has 0 spiro atoms. The van der Waals surface area contributed by atoms with Gasteiger partial charge < -0.3 is 10.8 Å². The summed E-state index contributed by atoms with van der Waals surface area (Å²) in [5.74, 6) is -0.782. The second-order valence-corrected chi connectivity index (χ2v) is 3.15. The molecule has 1 aromatic heterocycles. The average Bonchev–Trinajstić information content (AvgIpc) is 2.31. The summed E-state index contributed by atoms with van der Waals surface area (Å²) in [5.41, 5.74) is 6.49. The van der Waals surface area contributed by atoms with Gasteiger partial charge in [0.25, 0.3) is 0 Å². The number of hydrogen-bond donors (Lipinski definition) is 2. The molecule has 0 saturated heterocycles. The average molecular weight is 171 g/mol. The van der Waals surface area contributed by atoms with Gasteiger partial charge in [0.15, 0.2) is 0 Å². The minimum absolute atomic E-state index is 0.154. The van der Waals surface area contributed by atoms with E-state index >= 15 is 0 Å². The quantitative estimate of drug-likeness (QED) is 0.721. The maximum atomic E-state index is 10.2. The molecule has 1 aromatic rings. The molecule has 0 bridgehead atoms. The molecule has 0 fully saturated rings. The molecule has 3 N–H and O–H groups in total. The first-order valence-corrected chi connectivity index (χ1v) is 4.12. The third kappa shape index (κ3) is 2.23. The monoisotopic (exact) mass is 171 g/mol. The van der Waals surface area contributed by atoms with Crippen molar-refractivity contribution in [1.29, 1.82) is 0 Å². The predicted octanol–water partition coefficient (Wildman–Crippen LogP) is 1.35. The van der Waals surface area contributed by atoms with Crippen molar-refractivity contribution >= 4 is 22.3 Å². The molecular weight excluding hydrogens is 162 g/mol. The lowest BCUT2D eigenvalue weighted by Gasteiger charge is -1.94. The largest absolute Gasteiger partial charge is 0.481 e. The van der Waals surface area contributed by atoms with E-state index in [1.54, 1.807) is 0 Å². The number of carboxylic acid groups (broad SMARTS) is 1. The zero-order valence-electron chi connectivity index (χ0n) is 5.91. The number of carbonyl (C=O) groups is 1. The van der Waals surface area contributed by atoms with Crippen LogP contribution in [0.25, 0.3) is 0 Å². The second kappa shape index (κ2) is 3.39. The van der Waals surface area contributed by atoms with Gasteiger partial charge in [0.1, 0.15) is 0 Å². The van der Waals surface area contributed by atoms with Gasteiger partial charge in [-0.3, -0.25) is 4.79 Å². The summed E-state index contributed by atoms with van der Waals surface area (Å²) < 4.78 is 0. The number of nitrogens with two attached hydrogens (primary N) is 1. The first-order valence-electron chi connectivity index (χ1n) is 3.24. The van der Waals surface area contributed by atoms with E-state index in [4.69, 9.17) is 10.8 Å². The Morgan fingerprint density at radius 2 is 2.45 bits per heavy atom. The van der Waals surface area contributed by atoms with Gasteiger partial charge in [-0.2, -0.15) is 0 Å². The van der Waals surface area contributed by atoms with Crippen LogP contribution in [0, 0.1) is 0 Å². The zero-order chi connectivity index (χ0) is 8.27. The summed E-state index contributed by atoms with van der Waals surface area (Å²) in [6.45, 7) is 0. The van der Waals surface area contributed by atoms with Crippen LogP contribution in [0.5, 0.6) is 0 Å². The van der Waals surface area contributed by atoms with E-state index in [-0.39, 0.29) is 6.42 Å². The molecule has 1 heterocycles. The third-order valence-corrected chi connectivity index (χ3v) is 2.18. The topological polar surface area (TPSA) is 63.3 Å². The highest BCUT2D eigenvalue weighted by atomic mass is 32.1. The van der Waals surface area contributed by atoms with Gasteiger partial charge in [-0.1, -0.05) is 0 Å². The van der Waals surface area contributed by atoms with Crippen molar-refractivity contribution in [1.82, 2.24) is 0 Å². The number of aryl methyl sites for hydroxylation is 1. The van der Waals surface area contributed by atoms with Crippen LogP contribution in [-0.2, 0) is 11.2 Å².